The van der Waals surface area contributed by atoms with E-state index in [-0.39, 0.29) is 5.69 Å². The molecule has 1 aromatic heterocycles. The van der Waals surface area contributed by atoms with Crippen LogP contribution in [0.3, 0.4) is 0 Å². The lowest BCUT2D eigenvalue weighted by atomic mass is 10.0. The molecule has 0 N–H and O–H groups in total. The lowest BCUT2D eigenvalue weighted by Gasteiger charge is -2.07. The fourth-order valence-electron chi connectivity index (χ4n) is 2.28. The van der Waals surface area contributed by atoms with Crippen molar-refractivity contribution >= 4 is 33.3 Å². The molecule has 3 aromatic rings. The number of carbonyl (C=O) groups excluding carboxylic acids is 1. The van der Waals surface area contributed by atoms with Crippen molar-refractivity contribution in [1.29, 1.82) is 0 Å². The molecule has 0 unspecified atom stereocenters. The first-order valence-corrected chi connectivity index (χ1v) is 8.54. The summed E-state index contributed by atoms with van der Waals surface area (Å²) in [6.07, 6.45) is 3.15. The quantitative estimate of drug-likeness (QED) is 0.262. The molecule has 1 heterocycles. The minimum absolute atomic E-state index is 0.0426. The van der Waals surface area contributed by atoms with Gasteiger partial charge in [0.1, 0.15) is 5.71 Å². The second kappa shape index (κ2) is 8.33. The summed E-state index contributed by atoms with van der Waals surface area (Å²) >= 11 is 3.30. The third-order valence-corrected chi connectivity index (χ3v) is 4.08. The number of hydrogen-bond acceptors (Lipinski definition) is 6. The number of nitro groups is 1. The van der Waals surface area contributed by atoms with Crippen molar-refractivity contribution in [2.45, 2.75) is 0 Å². The summed E-state index contributed by atoms with van der Waals surface area (Å²) in [6, 6.07) is 16.0. The molecule has 0 saturated heterocycles. The van der Waals surface area contributed by atoms with Crippen molar-refractivity contribution in [2.24, 2.45) is 5.16 Å². The van der Waals surface area contributed by atoms with E-state index in [0.29, 0.717) is 22.4 Å². The third kappa shape index (κ3) is 4.62. The van der Waals surface area contributed by atoms with E-state index >= 15 is 0 Å². The molecule has 0 saturated carbocycles. The van der Waals surface area contributed by atoms with Gasteiger partial charge in [0.05, 0.1) is 10.5 Å². The first-order valence-electron chi connectivity index (χ1n) is 7.75. The highest BCUT2D eigenvalue weighted by atomic mass is 79.9. The molecule has 2 aromatic carbocycles. The molecule has 0 amide bonds. The maximum Gasteiger partial charge on any atom is 0.365 e. The molecule has 7 nitrogen and oxygen atoms in total. The second-order valence-corrected chi connectivity index (χ2v) is 6.28. The molecule has 134 valence electrons. The Balaban J connectivity index is 1.93. The number of halogens is 1. The van der Waals surface area contributed by atoms with Gasteiger partial charge < -0.3 is 4.84 Å². The van der Waals surface area contributed by atoms with E-state index in [1.165, 1.54) is 12.1 Å². The van der Waals surface area contributed by atoms with Crippen molar-refractivity contribution in [1.82, 2.24) is 4.98 Å². The van der Waals surface area contributed by atoms with Crippen LogP contribution in [0.5, 0.6) is 0 Å². The molecule has 0 fully saturated rings. The average Bonchev–Trinajstić information content (AvgIpc) is 2.69. The number of rotatable bonds is 5. The summed E-state index contributed by atoms with van der Waals surface area (Å²) in [6.45, 7) is 0. The van der Waals surface area contributed by atoms with Crippen molar-refractivity contribution in [3.63, 3.8) is 0 Å². The van der Waals surface area contributed by atoms with Crippen molar-refractivity contribution in [3.8, 4) is 0 Å². The van der Waals surface area contributed by atoms with Crippen LogP contribution < -0.4 is 0 Å². The van der Waals surface area contributed by atoms with E-state index in [0.717, 1.165) is 4.47 Å². The van der Waals surface area contributed by atoms with E-state index in [9.17, 15) is 14.9 Å². The van der Waals surface area contributed by atoms with Gasteiger partial charge in [-0.15, -0.1) is 0 Å². The highest BCUT2D eigenvalue weighted by molar-refractivity contribution is 9.10. The zero-order valence-electron chi connectivity index (χ0n) is 13.8. The van der Waals surface area contributed by atoms with Gasteiger partial charge in [0, 0.05) is 40.1 Å². The van der Waals surface area contributed by atoms with Crippen LogP contribution in [0.1, 0.15) is 21.5 Å². The zero-order chi connectivity index (χ0) is 19.2. The van der Waals surface area contributed by atoms with Crippen LogP contribution in [-0.2, 0) is 4.84 Å². The van der Waals surface area contributed by atoms with Crippen LogP contribution in [0.15, 0.2) is 82.7 Å². The lowest BCUT2D eigenvalue weighted by Crippen LogP contribution is -2.08. The van der Waals surface area contributed by atoms with Gasteiger partial charge in [-0.2, -0.15) is 0 Å². The maximum atomic E-state index is 12.3. The Morgan fingerprint density at radius 3 is 2.30 bits per heavy atom. The van der Waals surface area contributed by atoms with Gasteiger partial charge in [-0.25, -0.2) is 4.79 Å². The summed E-state index contributed by atoms with van der Waals surface area (Å²) in [5.74, 6) is -0.621. The summed E-state index contributed by atoms with van der Waals surface area (Å²) < 4.78 is 0.741. The SMILES string of the molecule is O=C(O/N=C(/c1ccncc1)c1ccc([N+](=O)[O-])cc1)c1cccc(Br)c1. The summed E-state index contributed by atoms with van der Waals surface area (Å²) in [4.78, 5) is 31.7. The van der Waals surface area contributed by atoms with Gasteiger partial charge in [0.25, 0.3) is 5.69 Å². The third-order valence-electron chi connectivity index (χ3n) is 3.59. The molecule has 0 aliphatic carbocycles. The summed E-state index contributed by atoms with van der Waals surface area (Å²) in [7, 11) is 0. The number of non-ortho nitro benzene ring substituents is 1. The fourth-order valence-corrected chi connectivity index (χ4v) is 2.68. The van der Waals surface area contributed by atoms with Gasteiger partial charge in [-0.05, 0) is 42.5 Å². The van der Waals surface area contributed by atoms with Gasteiger partial charge >= 0.3 is 5.97 Å². The minimum atomic E-state index is -0.621. The van der Waals surface area contributed by atoms with Crippen molar-refractivity contribution < 1.29 is 14.6 Å². The number of pyridine rings is 1. The number of carbonyl (C=O) groups is 1. The van der Waals surface area contributed by atoms with E-state index < -0.39 is 10.9 Å². The second-order valence-electron chi connectivity index (χ2n) is 5.37. The standard InChI is InChI=1S/C19H12BrN3O4/c20-16-3-1-2-15(12-16)19(24)27-22-18(14-8-10-21-11-9-14)13-4-6-17(7-5-13)23(25)26/h1-12H/b22-18+. The van der Waals surface area contributed by atoms with Crippen LogP contribution in [0.2, 0.25) is 0 Å². The van der Waals surface area contributed by atoms with Gasteiger partial charge in [0.2, 0.25) is 0 Å². The zero-order valence-corrected chi connectivity index (χ0v) is 15.4. The van der Waals surface area contributed by atoms with E-state index in [1.807, 2.05) is 0 Å². The van der Waals surface area contributed by atoms with Crippen LogP contribution in [0, 0.1) is 10.1 Å². The molecule has 0 aliphatic heterocycles. The number of hydrogen-bond donors (Lipinski definition) is 0. The monoisotopic (exact) mass is 425 g/mol. The number of nitrogens with zero attached hydrogens (tertiary/aromatic N) is 3. The molecule has 3 rings (SSSR count). The Morgan fingerprint density at radius 1 is 1.00 bits per heavy atom. The molecule has 0 radical (unpaired) electrons. The number of oxime groups is 1. The molecule has 27 heavy (non-hydrogen) atoms. The smallest absolute Gasteiger partial charge is 0.312 e. The van der Waals surface area contributed by atoms with E-state index in [2.05, 4.69) is 26.1 Å². The molecule has 0 spiro atoms. The van der Waals surface area contributed by atoms with Gasteiger partial charge in [-0.3, -0.25) is 15.1 Å². The van der Waals surface area contributed by atoms with Gasteiger partial charge in [0.15, 0.2) is 0 Å². The fraction of sp³-hybridized carbons (Fsp3) is 0. The number of aromatic nitrogens is 1. The van der Waals surface area contributed by atoms with Crippen LogP contribution >= 0.6 is 15.9 Å². The molecule has 0 bridgehead atoms. The topological polar surface area (TPSA) is 94.7 Å². The predicted molar refractivity (Wildman–Crippen MR) is 103 cm³/mol. The first-order chi connectivity index (χ1) is 13.0. The largest absolute Gasteiger partial charge is 0.365 e. The van der Waals surface area contributed by atoms with Crippen molar-refractivity contribution in [2.75, 3.05) is 0 Å². The maximum absolute atomic E-state index is 12.3. The number of benzene rings is 2. The molecular weight excluding hydrogens is 414 g/mol. The van der Waals surface area contributed by atoms with Gasteiger partial charge in [-0.1, -0.05) is 27.2 Å². The minimum Gasteiger partial charge on any atom is -0.312 e. The van der Waals surface area contributed by atoms with Crippen LogP contribution in [0.4, 0.5) is 5.69 Å². The summed E-state index contributed by atoms with van der Waals surface area (Å²) in [5, 5.41) is 14.8. The Kier molecular flexibility index (Phi) is 5.68. The Morgan fingerprint density at radius 2 is 1.67 bits per heavy atom. The molecule has 0 aliphatic rings. The first kappa shape index (κ1) is 18.4. The van der Waals surface area contributed by atoms with E-state index in [1.54, 1.807) is 60.9 Å². The van der Waals surface area contributed by atoms with Crippen molar-refractivity contribution in [3.05, 3.63) is 104 Å². The van der Waals surface area contributed by atoms with E-state index in [4.69, 9.17) is 4.84 Å². The Hall–Kier alpha value is -3.39. The normalized spacial score (nSPS) is 11.1. The van der Waals surface area contributed by atoms with Crippen LogP contribution in [-0.4, -0.2) is 21.6 Å². The highest BCUT2D eigenvalue weighted by Gasteiger charge is 2.13. The average molecular weight is 426 g/mol. The molecule has 0 atom stereocenters. The van der Waals surface area contributed by atoms with Crippen LogP contribution in [0.25, 0.3) is 0 Å². The Labute approximate surface area is 162 Å². The lowest BCUT2D eigenvalue weighted by molar-refractivity contribution is -0.384. The summed E-state index contributed by atoms with van der Waals surface area (Å²) in [5.41, 5.74) is 1.87. The molecular formula is C19H12BrN3O4. The number of nitro benzene ring substituents is 1. The molecule has 8 heteroatoms. The highest BCUT2D eigenvalue weighted by Crippen LogP contribution is 2.17. The predicted octanol–water partition coefficient (Wildman–Crippen LogP) is 4.36. The Bertz CT molecular complexity index is 1000.